The van der Waals surface area contributed by atoms with E-state index in [1.807, 2.05) is 5.38 Å². The molecule has 0 spiro atoms. The van der Waals surface area contributed by atoms with Crippen LogP contribution >= 0.6 is 11.3 Å². The van der Waals surface area contributed by atoms with Crippen molar-refractivity contribution in [2.75, 3.05) is 19.6 Å². The van der Waals surface area contributed by atoms with Crippen molar-refractivity contribution < 1.29 is 14.6 Å². The zero-order chi connectivity index (χ0) is 13.8. The molecule has 0 bridgehead atoms. The van der Waals surface area contributed by atoms with E-state index in [0.717, 1.165) is 31.1 Å². The fourth-order valence-corrected chi connectivity index (χ4v) is 3.21. The van der Waals surface area contributed by atoms with Crippen molar-refractivity contribution in [3.63, 3.8) is 0 Å². The van der Waals surface area contributed by atoms with Gasteiger partial charge in [0.2, 0.25) is 0 Å². The highest BCUT2D eigenvalue weighted by molar-refractivity contribution is 7.09. The van der Waals surface area contributed by atoms with Gasteiger partial charge in [-0.2, -0.15) is 0 Å². The van der Waals surface area contributed by atoms with Crippen LogP contribution in [0.4, 0.5) is 0 Å². The van der Waals surface area contributed by atoms with Crippen LogP contribution in [0.25, 0.3) is 0 Å². The summed E-state index contributed by atoms with van der Waals surface area (Å²) in [4.78, 5) is 17.3. The Morgan fingerprint density at radius 3 is 2.84 bits per heavy atom. The first-order valence-electron chi connectivity index (χ1n) is 6.56. The Balaban J connectivity index is 1.81. The molecule has 1 aromatic rings. The third-order valence-corrected chi connectivity index (χ3v) is 4.03. The second kappa shape index (κ2) is 6.45. The van der Waals surface area contributed by atoms with Gasteiger partial charge in [0, 0.05) is 31.4 Å². The average molecular weight is 284 g/mol. The molecule has 1 aliphatic heterocycles. The number of carboxylic acid groups (broad SMARTS) is 1. The Morgan fingerprint density at radius 1 is 1.53 bits per heavy atom. The number of hydrogen-bond donors (Lipinski definition) is 1. The van der Waals surface area contributed by atoms with Crippen molar-refractivity contribution in [1.82, 2.24) is 9.88 Å². The van der Waals surface area contributed by atoms with Crippen LogP contribution in [0.5, 0.6) is 0 Å². The van der Waals surface area contributed by atoms with E-state index in [0.29, 0.717) is 5.69 Å². The van der Waals surface area contributed by atoms with Crippen molar-refractivity contribution in [3.05, 3.63) is 16.1 Å². The van der Waals surface area contributed by atoms with Crippen molar-refractivity contribution in [3.8, 4) is 0 Å². The lowest BCUT2D eigenvalue weighted by Crippen LogP contribution is -2.46. The van der Waals surface area contributed by atoms with E-state index in [1.165, 1.54) is 0 Å². The monoisotopic (exact) mass is 284 g/mol. The fourth-order valence-electron chi connectivity index (χ4n) is 2.42. The van der Waals surface area contributed by atoms with Crippen LogP contribution in [0.2, 0.25) is 0 Å². The molecule has 1 aliphatic rings. The van der Waals surface area contributed by atoms with Gasteiger partial charge in [-0.3, -0.25) is 9.69 Å². The first kappa shape index (κ1) is 14.4. The summed E-state index contributed by atoms with van der Waals surface area (Å²) in [6.45, 7) is 7.06. The number of rotatable bonds is 5. The minimum atomic E-state index is -0.826. The van der Waals surface area contributed by atoms with Crippen LogP contribution in [0, 0.1) is 0 Å². The van der Waals surface area contributed by atoms with E-state index < -0.39 is 5.97 Å². The number of hydrogen-bond acceptors (Lipinski definition) is 5. The average Bonchev–Trinajstić information content (AvgIpc) is 2.72. The number of carboxylic acids is 1. The number of thiazole rings is 1. The van der Waals surface area contributed by atoms with E-state index in [2.05, 4.69) is 23.7 Å². The minimum Gasteiger partial charge on any atom is -0.481 e. The molecule has 1 saturated heterocycles. The molecule has 0 aliphatic carbocycles. The van der Waals surface area contributed by atoms with E-state index in [9.17, 15) is 4.79 Å². The Labute approximate surface area is 117 Å². The molecule has 0 amide bonds. The fraction of sp³-hybridized carbons (Fsp3) is 0.692. The summed E-state index contributed by atoms with van der Waals surface area (Å²) < 4.78 is 5.70. The van der Waals surface area contributed by atoms with Crippen LogP contribution in [0.15, 0.2) is 5.38 Å². The predicted octanol–water partition coefficient (Wildman–Crippen LogP) is 1.42. The molecule has 2 atom stereocenters. The van der Waals surface area contributed by atoms with E-state index >= 15 is 0 Å². The molecule has 0 saturated carbocycles. The van der Waals surface area contributed by atoms with Crippen LogP contribution in [0.3, 0.4) is 0 Å². The van der Waals surface area contributed by atoms with Crippen molar-refractivity contribution in [1.29, 1.82) is 0 Å². The highest BCUT2D eigenvalue weighted by atomic mass is 32.1. The first-order chi connectivity index (χ1) is 9.02. The lowest BCUT2D eigenvalue weighted by atomic mass is 10.2. The van der Waals surface area contributed by atoms with Gasteiger partial charge in [0.25, 0.3) is 0 Å². The molecule has 0 aromatic carbocycles. The minimum absolute atomic E-state index is 0.0160. The van der Waals surface area contributed by atoms with Crippen molar-refractivity contribution >= 4 is 17.3 Å². The highest BCUT2D eigenvalue weighted by Crippen LogP contribution is 2.14. The topological polar surface area (TPSA) is 62.7 Å². The molecule has 0 radical (unpaired) electrons. The zero-order valence-corrected chi connectivity index (χ0v) is 12.2. The Kier molecular flexibility index (Phi) is 4.90. The molecule has 1 fully saturated rings. The molecule has 106 valence electrons. The highest BCUT2D eigenvalue weighted by Gasteiger charge is 2.21. The lowest BCUT2D eigenvalue weighted by Gasteiger charge is -2.35. The maximum absolute atomic E-state index is 10.6. The SMILES string of the molecule is CC1CN(CCc2nc(CC(=O)O)cs2)CC(C)O1. The summed E-state index contributed by atoms with van der Waals surface area (Å²) in [5.74, 6) is -0.826. The summed E-state index contributed by atoms with van der Waals surface area (Å²) in [5.41, 5.74) is 0.663. The number of ether oxygens (including phenoxy) is 1. The van der Waals surface area contributed by atoms with Gasteiger partial charge in [-0.1, -0.05) is 0 Å². The zero-order valence-electron chi connectivity index (χ0n) is 11.3. The van der Waals surface area contributed by atoms with Gasteiger partial charge < -0.3 is 9.84 Å². The summed E-state index contributed by atoms with van der Waals surface area (Å²) >= 11 is 1.55. The molecule has 1 N–H and O–H groups in total. The quantitative estimate of drug-likeness (QED) is 0.886. The Bertz CT molecular complexity index is 425. The molecule has 2 unspecified atom stereocenters. The Hall–Kier alpha value is -0.980. The van der Waals surface area contributed by atoms with Crippen LogP contribution < -0.4 is 0 Å². The third-order valence-electron chi connectivity index (χ3n) is 3.07. The Morgan fingerprint density at radius 2 is 2.21 bits per heavy atom. The van der Waals surface area contributed by atoms with Gasteiger partial charge in [-0.25, -0.2) is 4.98 Å². The van der Waals surface area contributed by atoms with Crippen LogP contribution in [-0.2, 0) is 22.4 Å². The number of carbonyl (C=O) groups is 1. The molecule has 1 aromatic heterocycles. The predicted molar refractivity (Wildman–Crippen MR) is 73.6 cm³/mol. The number of aromatic nitrogens is 1. The van der Waals surface area contributed by atoms with Gasteiger partial charge in [0.1, 0.15) is 0 Å². The van der Waals surface area contributed by atoms with Gasteiger partial charge in [-0.15, -0.1) is 11.3 Å². The molecule has 19 heavy (non-hydrogen) atoms. The maximum atomic E-state index is 10.6. The smallest absolute Gasteiger partial charge is 0.309 e. The van der Waals surface area contributed by atoms with Crippen molar-refractivity contribution in [2.45, 2.75) is 38.9 Å². The maximum Gasteiger partial charge on any atom is 0.309 e. The van der Waals surface area contributed by atoms with Crippen LogP contribution in [0.1, 0.15) is 24.5 Å². The van der Waals surface area contributed by atoms with Gasteiger partial charge in [0.05, 0.1) is 29.3 Å². The number of aliphatic carboxylic acids is 1. The molecule has 5 nitrogen and oxygen atoms in total. The standard InChI is InChI=1S/C13H20N2O3S/c1-9-6-15(7-10(2)18-9)4-3-12-14-11(8-19-12)5-13(16)17/h8-10H,3-7H2,1-2H3,(H,16,17). The van der Waals surface area contributed by atoms with Crippen molar-refractivity contribution in [2.24, 2.45) is 0 Å². The summed E-state index contributed by atoms with van der Waals surface area (Å²) in [6, 6.07) is 0. The van der Waals surface area contributed by atoms with Gasteiger partial charge in [0.15, 0.2) is 0 Å². The second-order valence-electron chi connectivity index (χ2n) is 5.07. The number of morpholine rings is 1. The normalized spacial score (nSPS) is 24.5. The van der Waals surface area contributed by atoms with Gasteiger partial charge >= 0.3 is 5.97 Å². The summed E-state index contributed by atoms with van der Waals surface area (Å²) in [5, 5.41) is 11.6. The lowest BCUT2D eigenvalue weighted by molar-refractivity contribution is -0.136. The molecular formula is C13H20N2O3S. The largest absolute Gasteiger partial charge is 0.481 e. The van der Waals surface area contributed by atoms with Gasteiger partial charge in [-0.05, 0) is 13.8 Å². The molecular weight excluding hydrogens is 264 g/mol. The van der Waals surface area contributed by atoms with E-state index in [1.54, 1.807) is 11.3 Å². The first-order valence-corrected chi connectivity index (χ1v) is 7.44. The third kappa shape index (κ3) is 4.56. The molecule has 2 rings (SSSR count). The second-order valence-corrected chi connectivity index (χ2v) is 6.01. The molecule has 2 heterocycles. The summed E-state index contributed by atoms with van der Waals surface area (Å²) in [7, 11) is 0. The number of nitrogens with zero attached hydrogens (tertiary/aromatic N) is 2. The summed E-state index contributed by atoms with van der Waals surface area (Å²) in [6.07, 6.45) is 1.46. The van der Waals surface area contributed by atoms with E-state index in [4.69, 9.17) is 9.84 Å². The molecule has 6 heteroatoms. The van der Waals surface area contributed by atoms with E-state index in [-0.39, 0.29) is 18.6 Å². The van der Waals surface area contributed by atoms with Crippen LogP contribution in [-0.4, -0.2) is 52.8 Å².